The zero-order chi connectivity index (χ0) is 24.9. The Morgan fingerprint density at radius 1 is 1.03 bits per heavy atom. The molecule has 0 saturated heterocycles. The van der Waals surface area contributed by atoms with Crippen molar-refractivity contribution in [2.75, 3.05) is 18.4 Å². The average molecular weight is 491 g/mol. The Morgan fingerprint density at radius 3 is 2.34 bits per heavy atom. The third-order valence-electron chi connectivity index (χ3n) is 6.05. The molecule has 0 fully saturated rings. The molecule has 8 heteroatoms. The second-order valence-electron chi connectivity index (χ2n) is 8.33. The number of rotatable bonds is 9. The largest absolute Gasteiger partial charge is 0.457 e. The van der Waals surface area contributed by atoms with E-state index in [0.717, 1.165) is 34.1 Å². The summed E-state index contributed by atoms with van der Waals surface area (Å²) in [5, 5.41) is 3.49. The summed E-state index contributed by atoms with van der Waals surface area (Å²) < 4.78 is 7.32. The molecule has 0 unspecified atom stereocenters. The molecule has 0 aliphatic rings. The molecule has 0 radical (unpaired) electrons. The Labute approximate surface area is 209 Å². The van der Waals surface area contributed by atoms with Crippen LogP contribution in [0.15, 0.2) is 59.4 Å². The van der Waals surface area contributed by atoms with Gasteiger partial charge in [-0.15, -0.1) is 11.3 Å². The Balaban J connectivity index is 1.56. The number of aryl methyl sites for hydroxylation is 2. The number of benzene rings is 2. The molecule has 182 valence electrons. The van der Waals surface area contributed by atoms with Gasteiger partial charge in [-0.3, -0.25) is 19.1 Å². The number of carbonyl (C=O) groups excluding carboxylic acids is 1. The van der Waals surface area contributed by atoms with Crippen LogP contribution in [-0.4, -0.2) is 33.4 Å². The average Bonchev–Trinajstić information content (AvgIpc) is 3.14. The highest BCUT2D eigenvalue weighted by molar-refractivity contribution is 7.18. The molecule has 2 aromatic heterocycles. The number of hydrogen-bond acceptors (Lipinski definition) is 6. The minimum atomic E-state index is -0.282. The van der Waals surface area contributed by atoms with Gasteiger partial charge >= 0.3 is 0 Å². The number of nitrogens with zero attached hydrogens (tertiary/aromatic N) is 3. The molecule has 0 saturated carbocycles. The molecule has 2 heterocycles. The van der Waals surface area contributed by atoms with E-state index in [1.807, 2.05) is 44.2 Å². The molecule has 4 aromatic rings. The van der Waals surface area contributed by atoms with Crippen molar-refractivity contribution in [2.45, 2.75) is 40.8 Å². The van der Waals surface area contributed by atoms with Crippen LogP contribution in [0.25, 0.3) is 10.2 Å². The minimum Gasteiger partial charge on any atom is -0.457 e. The number of anilines is 1. The maximum Gasteiger partial charge on any atom is 0.263 e. The summed E-state index contributed by atoms with van der Waals surface area (Å²) in [6.45, 7) is 10.1. The third kappa shape index (κ3) is 5.61. The summed E-state index contributed by atoms with van der Waals surface area (Å²) in [6, 6.07) is 16.7. The predicted octanol–water partition coefficient (Wildman–Crippen LogP) is 5.35. The van der Waals surface area contributed by atoms with Crippen LogP contribution < -0.4 is 15.6 Å². The molecule has 0 atom stereocenters. The molecule has 0 bridgehead atoms. The van der Waals surface area contributed by atoms with Crippen molar-refractivity contribution in [3.63, 3.8) is 0 Å². The van der Waals surface area contributed by atoms with Gasteiger partial charge in [0, 0.05) is 10.6 Å². The van der Waals surface area contributed by atoms with Crippen molar-refractivity contribution in [2.24, 2.45) is 0 Å². The lowest BCUT2D eigenvalue weighted by atomic mass is 10.2. The van der Waals surface area contributed by atoms with E-state index < -0.39 is 0 Å². The Morgan fingerprint density at radius 2 is 1.69 bits per heavy atom. The van der Waals surface area contributed by atoms with Crippen molar-refractivity contribution in [1.29, 1.82) is 0 Å². The molecule has 35 heavy (non-hydrogen) atoms. The van der Waals surface area contributed by atoms with E-state index >= 15 is 0 Å². The minimum absolute atomic E-state index is 0.102. The topological polar surface area (TPSA) is 76.5 Å². The van der Waals surface area contributed by atoms with Crippen LogP contribution in [-0.2, 0) is 17.9 Å². The van der Waals surface area contributed by atoms with Crippen LogP contribution in [0.4, 0.5) is 5.69 Å². The van der Waals surface area contributed by atoms with E-state index in [0.29, 0.717) is 29.2 Å². The fourth-order valence-corrected chi connectivity index (χ4v) is 4.91. The second kappa shape index (κ2) is 10.8. The summed E-state index contributed by atoms with van der Waals surface area (Å²) in [7, 11) is 0. The second-order valence-corrected chi connectivity index (χ2v) is 9.53. The maximum absolute atomic E-state index is 13.5. The predicted molar refractivity (Wildman–Crippen MR) is 142 cm³/mol. The van der Waals surface area contributed by atoms with Gasteiger partial charge in [0.1, 0.15) is 28.7 Å². The molecule has 0 aliphatic carbocycles. The van der Waals surface area contributed by atoms with Gasteiger partial charge in [0.05, 0.1) is 11.9 Å². The van der Waals surface area contributed by atoms with Crippen molar-refractivity contribution >= 4 is 33.1 Å². The number of thiophene rings is 1. The van der Waals surface area contributed by atoms with Gasteiger partial charge < -0.3 is 10.1 Å². The molecule has 0 aliphatic heterocycles. The first-order chi connectivity index (χ1) is 16.9. The van der Waals surface area contributed by atoms with E-state index in [2.05, 4.69) is 24.1 Å². The molecule has 2 aromatic carbocycles. The Hall–Kier alpha value is -3.49. The summed E-state index contributed by atoms with van der Waals surface area (Å²) in [5.41, 5.74) is 1.39. The van der Waals surface area contributed by atoms with Gasteiger partial charge in [-0.05, 0) is 68.9 Å². The highest BCUT2D eigenvalue weighted by atomic mass is 32.1. The van der Waals surface area contributed by atoms with Crippen molar-refractivity contribution in [3.8, 4) is 11.5 Å². The third-order valence-corrected chi connectivity index (χ3v) is 7.15. The van der Waals surface area contributed by atoms with Gasteiger partial charge in [-0.25, -0.2) is 4.98 Å². The molecule has 0 spiro atoms. The first kappa shape index (κ1) is 24.6. The van der Waals surface area contributed by atoms with E-state index in [-0.39, 0.29) is 18.0 Å². The number of aromatic nitrogens is 2. The zero-order valence-electron chi connectivity index (χ0n) is 20.5. The number of ether oxygens (including phenoxy) is 1. The first-order valence-corrected chi connectivity index (χ1v) is 12.6. The number of para-hydroxylation sites is 1. The monoisotopic (exact) mass is 490 g/mol. The first-order valence-electron chi connectivity index (χ1n) is 11.7. The van der Waals surface area contributed by atoms with E-state index in [1.165, 1.54) is 15.9 Å². The van der Waals surface area contributed by atoms with Crippen molar-refractivity contribution < 1.29 is 9.53 Å². The van der Waals surface area contributed by atoms with Crippen LogP contribution in [0, 0.1) is 13.8 Å². The number of fused-ring (bicyclic) bond motifs is 1. The lowest BCUT2D eigenvalue weighted by Crippen LogP contribution is -2.34. The van der Waals surface area contributed by atoms with Crippen molar-refractivity contribution in [1.82, 2.24) is 14.5 Å². The summed E-state index contributed by atoms with van der Waals surface area (Å²) in [5.74, 6) is 1.74. The quantitative estimate of drug-likeness (QED) is 0.342. The highest BCUT2D eigenvalue weighted by Gasteiger charge is 2.19. The number of carbonyl (C=O) groups is 1. The van der Waals surface area contributed by atoms with Crippen LogP contribution in [0.3, 0.4) is 0 Å². The smallest absolute Gasteiger partial charge is 0.263 e. The summed E-state index contributed by atoms with van der Waals surface area (Å²) in [4.78, 5) is 35.2. The van der Waals surface area contributed by atoms with Gasteiger partial charge in [0.2, 0.25) is 5.91 Å². The van der Waals surface area contributed by atoms with Crippen LogP contribution in [0.5, 0.6) is 11.5 Å². The fraction of sp³-hybridized carbons (Fsp3) is 0.296. The zero-order valence-corrected chi connectivity index (χ0v) is 21.3. The number of amides is 1. The SMILES string of the molecule is CCN(CC)Cc1nc2sc(C)c(C)c2c(=O)n1CC(=O)Nc1ccc(Oc2ccccc2)cc1. The van der Waals surface area contributed by atoms with Crippen LogP contribution in [0.1, 0.15) is 30.1 Å². The summed E-state index contributed by atoms with van der Waals surface area (Å²) in [6.07, 6.45) is 0. The molecule has 1 N–H and O–H groups in total. The van der Waals surface area contributed by atoms with Gasteiger partial charge in [0.25, 0.3) is 5.56 Å². The van der Waals surface area contributed by atoms with Gasteiger partial charge in [-0.1, -0.05) is 32.0 Å². The number of hydrogen-bond donors (Lipinski definition) is 1. The van der Waals surface area contributed by atoms with Gasteiger partial charge in [0.15, 0.2) is 0 Å². The standard InChI is InChI=1S/C27H30N4O3S/c1-5-30(6-2)16-23-29-26-25(18(3)19(4)35-26)27(33)31(23)17-24(32)28-20-12-14-22(15-13-20)34-21-10-8-7-9-11-21/h7-15H,5-6,16-17H2,1-4H3,(H,28,32). The van der Waals surface area contributed by atoms with Crippen molar-refractivity contribution in [3.05, 3.63) is 81.2 Å². The fourth-order valence-electron chi connectivity index (χ4n) is 3.88. The summed E-state index contributed by atoms with van der Waals surface area (Å²) >= 11 is 1.53. The lowest BCUT2D eigenvalue weighted by Gasteiger charge is -2.20. The molecular weight excluding hydrogens is 460 g/mol. The van der Waals surface area contributed by atoms with E-state index in [4.69, 9.17) is 9.72 Å². The molecular formula is C27H30N4O3S. The molecule has 4 rings (SSSR count). The number of nitrogens with one attached hydrogen (secondary N) is 1. The maximum atomic E-state index is 13.5. The van der Waals surface area contributed by atoms with E-state index in [9.17, 15) is 9.59 Å². The van der Waals surface area contributed by atoms with Crippen LogP contribution >= 0.6 is 11.3 Å². The molecule has 7 nitrogen and oxygen atoms in total. The normalized spacial score (nSPS) is 11.2. The highest BCUT2D eigenvalue weighted by Crippen LogP contribution is 2.27. The lowest BCUT2D eigenvalue weighted by molar-refractivity contribution is -0.116. The van der Waals surface area contributed by atoms with E-state index in [1.54, 1.807) is 24.3 Å². The Kier molecular flexibility index (Phi) is 7.63. The van der Waals surface area contributed by atoms with Gasteiger partial charge in [-0.2, -0.15) is 0 Å². The van der Waals surface area contributed by atoms with Crippen LogP contribution in [0.2, 0.25) is 0 Å². The Bertz CT molecular complexity index is 1370. The molecule has 1 amide bonds.